The number of nitrogens with zero attached hydrogens (tertiary/aromatic N) is 1. The number of anilines is 2. The molecule has 2 amide bonds. The first-order valence-corrected chi connectivity index (χ1v) is 8.42. The molecule has 130 valence electrons. The fourth-order valence-corrected chi connectivity index (χ4v) is 2.49. The van der Waals surface area contributed by atoms with Crippen LogP contribution in [0.2, 0.25) is 0 Å². The normalized spacial score (nSPS) is 10.2. The van der Waals surface area contributed by atoms with Gasteiger partial charge in [0.25, 0.3) is 11.8 Å². The monoisotopic (exact) mass is 413 g/mol. The van der Waals surface area contributed by atoms with E-state index in [0.717, 1.165) is 4.47 Å². The van der Waals surface area contributed by atoms with Gasteiger partial charge in [-0.15, -0.1) is 0 Å². The van der Waals surface area contributed by atoms with Gasteiger partial charge in [0.2, 0.25) is 0 Å². The van der Waals surface area contributed by atoms with E-state index in [-0.39, 0.29) is 16.8 Å². The average molecular weight is 414 g/mol. The van der Waals surface area contributed by atoms with Gasteiger partial charge in [0.15, 0.2) is 0 Å². The Balaban J connectivity index is 1.81. The maximum Gasteiger partial charge on any atom is 0.258 e. The summed E-state index contributed by atoms with van der Waals surface area (Å²) in [5.41, 5.74) is 0.412. The lowest BCUT2D eigenvalue weighted by atomic mass is 10.1. The number of carbonyl (C=O) groups excluding carboxylic acids is 2. The summed E-state index contributed by atoms with van der Waals surface area (Å²) in [5, 5.41) is 5.23. The van der Waals surface area contributed by atoms with E-state index < -0.39 is 17.6 Å². The molecule has 1 aromatic heterocycles. The summed E-state index contributed by atoms with van der Waals surface area (Å²) in [6, 6.07) is 15.5. The summed E-state index contributed by atoms with van der Waals surface area (Å²) >= 11 is 3.27. The lowest BCUT2D eigenvalue weighted by molar-refractivity contribution is 0.102. The standard InChI is InChI=1S/C19H13BrFN3O2/c20-12-9-10-17(22-11-12)24-19(26)14-6-2-4-8-16(14)23-18(25)13-5-1-3-7-15(13)21/h1-11H,(H,23,25)(H,22,24,26). The smallest absolute Gasteiger partial charge is 0.258 e. The van der Waals surface area contributed by atoms with E-state index >= 15 is 0 Å². The fraction of sp³-hybridized carbons (Fsp3) is 0. The first kappa shape index (κ1) is 17.8. The zero-order chi connectivity index (χ0) is 18.5. The minimum atomic E-state index is -0.634. The van der Waals surface area contributed by atoms with Gasteiger partial charge < -0.3 is 10.6 Å². The van der Waals surface area contributed by atoms with Crippen molar-refractivity contribution in [2.24, 2.45) is 0 Å². The Morgan fingerprint density at radius 3 is 2.19 bits per heavy atom. The van der Waals surface area contributed by atoms with Crippen LogP contribution in [0.25, 0.3) is 0 Å². The van der Waals surface area contributed by atoms with Crippen molar-refractivity contribution in [1.29, 1.82) is 0 Å². The van der Waals surface area contributed by atoms with E-state index in [1.807, 2.05) is 0 Å². The molecule has 3 rings (SSSR count). The number of benzene rings is 2. The fourth-order valence-electron chi connectivity index (χ4n) is 2.26. The van der Waals surface area contributed by atoms with Gasteiger partial charge in [-0.05, 0) is 52.3 Å². The molecule has 7 heteroatoms. The van der Waals surface area contributed by atoms with Crippen LogP contribution in [-0.2, 0) is 0 Å². The maximum absolute atomic E-state index is 13.8. The number of amides is 2. The van der Waals surface area contributed by atoms with E-state index in [9.17, 15) is 14.0 Å². The zero-order valence-electron chi connectivity index (χ0n) is 13.4. The number of hydrogen-bond acceptors (Lipinski definition) is 3. The summed E-state index contributed by atoms with van der Waals surface area (Å²) in [6.07, 6.45) is 1.56. The first-order chi connectivity index (χ1) is 12.5. The van der Waals surface area contributed by atoms with Gasteiger partial charge in [-0.3, -0.25) is 9.59 Å². The number of halogens is 2. The summed E-state index contributed by atoms with van der Waals surface area (Å²) in [4.78, 5) is 28.9. The summed E-state index contributed by atoms with van der Waals surface area (Å²) < 4.78 is 14.6. The van der Waals surface area contributed by atoms with Crippen LogP contribution in [0.15, 0.2) is 71.3 Å². The topological polar surface area (TPSA) is 71.1 Å². The molecule has 5 nitrogen and oxygen atoms in total. The van der Waals surface area contributed by atoms with Crippen LogP contribution in [0.3, 0.4) is 0 Å². The van der Waals surface area contributed by atoms with E-state index in [1.54, 1.807) is 48.7 Å². The van der Waals surface area contributed by atoms with Crippen molar-refractivity contribution >= 4 is 39.2 Å². The molecule has 0 unspecified atom stereocenters. The van der Waals surface area contributed by atoms with Gasteiger partial charge in [-0.2, -0.15) is 0 Å². The molecule has 0 aliphatic rings. The van der Waals surface area contributed by atoms with Gasteiger partial charge in [0.1, 0.15) is 11.6 Å². The molecule has 1 heterocycles. The van der Waals surface area contributed by atoms with E-state index in [4.69, 9.17) is 0 Å². The molecule has 0 aliphatic heterocycles. The number of rotatable bonds is 4. The largest absolute Gasteiger partial charge is 0.321 e. The molecule has 0 saturated heterocycles. The number of nitrogens with one attached hydrogen (secondary N) is 2. The van der Waals surface area contributed by atoms with E-state index in [1.165, 1.54) is 18.2 Å². The zero-order valence-corrected chi connectivity index (χ0v) is 15.0. The summed E-state index contributed by atoms with van der Waals surface area (Å²) in [7, 11) is 0. The molecule has 0 saturated carbocycles. The van der Waals surface area contributed by atoms with Gasteiger partial charge >= 0.3 is 0 Å². The second-order valence-electron chi connectivity index (χ2n) is 5.30. The molecule has 0 radical (unpaired) electrons. The highest BCUT2D eigenvalue weighted by atomic mass is 79.9. The van der Waals surface area contributed by atoms with E-state index in [2.05, 4.69) is 31.5 Å². The second-order valence-corrected chi connectivity index (χ2v) is 6.21. The Morgan fingerprint density at radius 1 is 0.846 bits per heavy atom. The van der Waals surface area contributed by atoms with E-state index in [0.29, 0.717) is 5.82 Å². The van der Waals surface area contributed by atoms with Crippen molar-refractivity contribution in [2.75, 3.05) is 10.6 Å². The van der Waals surface area contributed by atoms with Gasteiger partial charge in [-0.1, -0.05) is 24.3 Å². The molecule has 2 N–H and O–H groups in total. The molecule has 0 bridgehead atoms. The van der Waals surface area contributed by atoms with Crippen molar-refractivity contribution in [2.45, 2.75) is 0 Å². The Hall–Kier alpha value is -3.06. The molecule has 26 heavy (non-hydrogen) atoms. The van der Waals surface area contributed by atoms with Crippen LogP contribution in [0, 0.1) is 5.82 Å². The highest BCUT2D eigenvalue weighted by molar-refractivity contribution is 9.10. The molecule has 0 spiro atoms. The number of para-hydroxylation sites is 1. The molecular formula is C19H13BrFN3O2. The predicted octanol–water partition coefficient (Wildman–Crippen LogP) is 4.49. The third-order valence-electron chi connectivity index (χ3n) is 3.51. The molecule has 0 fully saturated rings. The lowest BCUT2D eigenvalue weighted by Crippen LogP contribution is -2.19. The highest BCUT2D eigenvalue weighted by Gasteiger charge is 2.16. The molecular weight excluding hydrogens is 401 g/mol. The van der Waals surface area contributed by atoms with Crippen molar-refractivity contribution in [3.8, 4) is 0 Å². The summed E-state index contributed by atoms with van der Waals surface area (Å²) in [6.45, 7) is 0. The van der Waals surface area contributed by atoms with Crippen molar-refractivity contribution in [3.05, 3.63) is 88.3 Å². The SMILES string of the molecule is O=C(Nc1ccccc1C(=O)Nc1ccc(Br)cn1)c1ccccc1F. The average Bonchev–Trinajstić information content (AvgIpc) is 2.64. The Bertz CT molecular complexity index is 961. The highest BCUT2D eigenvalue weighted by Crippen LogP contribution is 2.19. The maximum atomic E-state index is 13.8. The number of carbonyl (C=O) groups is 2. The van der Waals surface area contributed by atoms with Crippen LogP contribution >= 0.6 is 15.9 Å². The van der Waals surface area contributed by atoms with Crippen molar-refractivity contribution < 1.29 is 14.0 Å². The van der Waals surface area contributed by atoms with Crippen LogP contribution in [0.4, 0.5) is 15.9 Å². The Kier molecular flexibility index (Phi) is 5.38. The van der Waals surface area contributed by atoms with Gasteiger partial charge in [0.05, 0.1) is 16.8 Å². The predicted molar refractivity (Wildman–Crippen MR) is 101 cm³/mol. The Labute approximate surface area is 157 Å². The minimum Gasteiger partial charge on any atom is -0.321 e. The third-order valence-corrected chi connectivity index (χ3v) is 3.98. The molecule has 3 aromatic rings. The van der Waals surface area contributed by atoms with Crippen LogP contribution in [0.1, 0.15) is 20.7 Å². The second kappa shape index (κ2) is 7.88. The van der Waals surface area contributed by atoms with Gasteiger partial charge in [0, 0.05) is 10.7 Å². The number of aromatic nitrogens is 1. The van der Waals surface area contributed by atoms with Crippen molar-refractivity contribution in [1.82, 2.24) is 4.98 Å². The van der Waals surface area contributed by atoms with Crippen LogP contribution < -0.4 is 10.6 Å². The number of hydrogen-bond donors (Lipinski definition) is 2. The quantitative estimate of drug-likeness (QED) is 0.661. The molecule has 0 aliphatic carbocycles. The van der Waals surface area contributed by atoms with Crippen LogP contribution in [-0.4, -0.2) is 16.8 Å². The minimum absolute atomic E-state index is 0.0997. The molecule has 0 atom stereocenters. The van der Waals surface area contributed by atoms with Gasteiger partial charge in [-0.25, -0.2) is 9.37 Å². The van der Waals surface area contributed by atoms with Crippen molar-refractivity contribution in [3.63, 3.8) is 0 Å². The third kappa shape index (κ3) is 4.12. The number of pyridine rings is 1. The lowest BCUT2D eigenvalue weighted by Gasteiger charge is -2.11. The Morgan fingerprint density at radius 2 is 1.50 bits per heavy atom. The van der Waals surface area contributed by atoms with Crippen LogP contribution in [0.5, 0.6) is 0 Å². The summed E-state index contributed by atoms with van der Waals surface area (Å²) in [5.74, 6) is -1.34. The first-order valence-electron chi connectivity index (χ1n) is 7.62. The molecule has 2 aromatic carbocycles.